The number of carboxylic acids is 1. The van der Waals surface area contributed by atoms with Crippen molar-refractivity contribution in [2.75, 3.05) is 13.1 Å². The lowest BCUT2D eigenvalue weighted by molar-refractivity contribution is -0.137. The second kappa shape index (κ2) is 6.53. The molecule has 0 saturated carbocycles. The molecule has 1 heterocycles. The van der Waals surface area contributed by atoms with Gasteiger partial charge in [-0.1, -0.05) is 25.4 Å². The first-order valence-corrected chi connectivity index (χ1v) is 7.62. The number of nitrogens with zero attached hydrogens (tertiary/aromatic N) is 1. The van der Waals surface area contributed by atoms with Crippen LogP contribution in [0, 0.1) is 5.41 Å². The van der Waals surface area contributed by atoms with Crippen LogP contribution in [0.1, 0.15) is 37.0 Å². The maximum atomic E-state index is 12.3. The zero-order valence-electron chi connectivity index (χ0n) is 12.8. The summed E-state index contributed by atoms with van der Waals surface area (Å²) in [6, 6.07) is 6.77. The van der Waals surface area contributed by atoms with Crippen LogP contribution in [0.25, 0.3) is 0 Å². The summed E-state index contributed by atoms with van der Waals surface area (Å²) in [5, 5.41) is 9.44. The quantitative estimate of drug-likeness (QED) is 0.665. The van der Waals surface area contributed by atoms with Gasteiger partial charge >= 0.3 is 5.97 Å². The Hall–Kier alpha value is -1.81. The zero-order chi connectivity index (χ0) is 16.3. The van der Waals surface area contributed by atoms with E-state index in [1.165, 1.54) is 0 Å². The molecule has 1 N–H and O–H groups in total. The Kier molecular flexibility index (Phi) is 4.91. The summed E-state index contributed by atoms with van der Waals surface area (Å²) < 4.78 is 0. The second-order valence-corrected chi connectivity index (χ2v) is 6.85. The summed E-state index contributed by atoms with van der Waals surface area (Å²) in [5.41, 5.74) is 1.54. The van der Waals surface area contributed by atoms with Crippen molar-refractivity contribution in [3.8, 4) is 0 Å². The molecule has 1 saturated heterocycles. The molecule has 0 aliphatic carbocycles. The monoisotopic (exact) mass is 321 g/mol. The topological polar surface area (TPSA) is 57.6 Å². The van der Waals surface area contributed by atoms with E-state index in [0.717, 1.165) is 18.7 Å². The van der Waals surface area contributed by atoms with E-state index in [0.29, 0.717) is 17.1 Å². The third-order valence-corrected chi connectivity index (χ3v) is 3.96. The standard InChI is InChI=1S/C17H20ClNO3/c1-17(2)10-14(19(11-17)8-7-16(21)22)9-15(20)12-3-5-13(18)6-4-12/h3-6,9H,7-8,10-11H2,1-2H3,(H,21,22)/b14-9+. The van der Waals surface area contributed by atoms with Gasteiger partial charge in [0, 0.05) is 35.4 Å². The Labute approximate surface area is 135 Å². The number of aliphatic carboxylic acids is 1. The highest BCUT2D eigenvalue weighted by molar-refractivity contribution is 6.30. The minimum atomic E-state index is -0.826. The fourth-order valence-electron chi connectivity index (χ4n) is 2.72. The highest BCUT2D eigenvalue weighted by Crippen LogP contribution is 2.36. The van der Waals surface area contributed by atoms with E-state index in [1.807, 2.05) is 4.90 Å². The average molecular weight is 322 g/mol. The maximum Gasteiger partial charge on any atom is 0.305 e. The van der Waals surface area contributed by atoms with E-state index in [9.17, 15) is 9.59 Å². The Morgan fingerprint density at radius 2 is 1.95 bits per heavy atom. The van der Waals surface area contributed by atoms with E-state index in [1.54, 1.807) is 30.3 Å². The number of carboxylic acid groups (broad SMARTS) is 1. The first-order chi connectivity index (χ1) is 10.3. The van der Waals surface area contributed by atoms with Crippen molar-refractivity contribution in [3.05, 3.63) is 46.6 Å². The number of hydrogen-bond acceptors (Lipinski definition) is 3. The second-order valence-electron chi connectivity index (χ2n) is 6.41. The van der Waals surface area contributed by atoms with Crippen molar-refractivity contribution in [2.45, 2.75) is 26.7 Å². The van der Waals surface area contributed by atoms with Gasteiger partial charge in [-0.15, -0.1) is 0 Å². The molecule has 5 heteroatoms. The number of halogens is 1. The van der Waals surface area contributed by atoms with Crippen LogP contribution in [0.15, 0.2) is 36.0 Å². The molecule has 0 spiro atoms. The fourth-order valence-corrected chi connectivity index (χ4v) is 2.85. The normalized spacial score (nSPS) is 18.7. The molecule has 0 atom stereocenters. The van der Waals surface area contributed by atoms with Crippen molar-refractivity contribution in [1.29, 1.82) is 0 Å². The van der Waals surface area contributed by atoms with Crippen molar-refractivity contribution in [3.63, 3.8) is 0 Å². The van der Waals surface area contributed by atoms with Gasteiger partial charge in [0.2, 0.25) is 0 Å². The van der Waals surface area contributed by atoms with E-state index in [2.05, 4.69) is 13.8 Å². The fraction of sp³-hybridized carbons (Fsp3) is 0.412. The summed E-state index contributed by atoms with van der Waals surface area (Å²) in [6.45, 7) is 5.43. The van der Waals surface area contributed by atoms with Crippen LogP contribution in [0.5, 0.6) is 0 Å². The smallest absolute Gasteiger partial charge is 0.305 e. The zero-order valence-corrected chi connectivity index (χ0v) is 13.6. The van der Waals surface area contributed by atoms with Crippen LogP contribution in [0.2, 0.25) is 5.02 Å². The molecule has 22 heavy (non-hydrogen) atoms. The summed E-state index contributed by atoms with van der Waals surface area (Å²) in [4.78, 5) is 25.1. The minimum absolute atomic E-state index is 0.0462. The molecule has 1 aliphatic heterocycles. The predicted molar refractivity (Wildman–Crippen MR) is 86.1 cm³/mol. The molecule has 0 radical (unpaired) electrons. The largest absolute Gasteiger partial charge is 0.481 e. The van der Waals surface area contributed by atoms with Gasteiger partial charge in [-0.2, -0.15) is 0 Å². The van der Waals surface area contributed by atoms with Gasteiger partial charge in [0.1, 0.15) is 0 Å². The summed E-state index contributed by atoms with van der Waals surface area (Å²) >= 11 is 5.83. The lowest BCUT2D eigenvalue weighted by Crippen LogP contribution is -2.25. The maximum absolute atomic E-state index is 12.3. The van der Waals surface area contributed by atoms with Gasteiger partial charge in [-0.3, -0.25) is 9.59 Å². The molecule has 1 aliphatic rings. The number of carbonyl (C=O) groups excluding carboxylic acids is 1. The highest BCUT2D eigenvalue weighted by atomic mass is 35.5. The molecule has 0 aromatic heterocycles. The lowest BCUT2D eigenvalue weighted by Gasteiger charge is -2.21. The van der Waals surface area contributed by atoms with Gasteiger partial charge < -0.3 is 10.0 Å². The third kappa shape index (κ3) is 4.34. The first-order valence-electron chi connectivity index (χ1n) is 7.24. The molecule has 0 amide bonds. The molecular formula is C17H20ClNO3. The summed E-state index contributed by atoms with van der Waals surface area (Å²) in [5.74, 6) is -0.905. The SMILES string of the molecule is CC1(C)C/C(=C\C(=O)c2ccc(Cl)cc2)N(CCC(=O)O)C1. The van der Waals surface area contributed by atoms with Gasteiger partial charge in [0.15, 0.2) is 5.78 Å². The molecule has 0 bridgehead atoms. The van der Waals surface area contributed by atoms with Crippen molar-refractivity contribution in [1.82, 2.24) is 4.90 Å². The number of hydrogen-bond donors (Lipinski definition) is 1. The number of ketones is 1. The van der Waals surface area contributed by atoms with Gasteiger partial charge in [-0.05, 0) is 36.1 Å². The van der Waals surface area contributed by atoms with Crippen LogP contribution in [0.4, 0.5) is 0 Å². The van der Waals surface area contributed by atoms with Crippen molar-refractivity contribution >= 4 is 23.4 Å². The van der Waals surface area contributed by atoms with Crippen LogP contribution < -0.4 is 0 Å². The predicted octanol–water partition coefficient (Wildman–Crippen LogP) is 3.61. The number of benzene rings is 1. The van der Waals surface area contributed by atoms with Crippen LogP contribution in [0.3, 0.4) is 0 Å². The number of rotatable bonds is 5. The van der Waals surface area contributed by atoms with Gasteiger partial charge in [-0.25, -0.2) is 0 Å². The van der Waals surface area contributed by atoms with Crippen molar-refractivity contribution in [2.24, 2.45) is 5.41 Å². The number of carbonyl (C=O) groups is 2. The lowest BCUT2D eigenvalue weighted by atomic mass is 9.92. The molecule has 1 aromatic carbocycles. The Balaban J connectivity index is 2.17. The first kappa shape index (κ1) is 16.6. The average Bonchev–Trinajstić information content (AvgIpc) is 2.71. The van der Waals surface area contributed by atoms with Gasteiger partial charge in [0.25, 0.3) is 0 Å². The summed E-state index contributed by atoms with van der Waals surface area (Å²) in [6.07, 6.45) is 2.47. The van der Waals surface area contributed by atoms with Crippen molar-refractivity contribution < 1.29 is 14.7 Å². The summed E-state index contributed by atoms with van der Waals surface area (Å²) in [7, 11) is 0. The molecule has 0 unspecified atom stereocenters. The highest BCUT2D eigenvalue weighted by Gasteiger charge is 2.33. The van der Waals surface area contributed by atoms with E-state index >= 15 is 0 Å². The molecule has 2 rings (SSSR count). The third-order valence-electron chi connectivity index (χ3n) is 3.71. The van der Waals surface area contributed by atoms with E-state index in [4.69, 9.17) is 16.7 Å². The van der Waals surface area contributed by atoms with E-state index < -0.39 is 5.97 Å². The minimum Gasteiger partial charge on any atom is -0.481 e. The number of likely N-dealkylation sites (tertiary alicyclic amines) is 1. The Bertz CT molecular complexity index is 605. The van der Waals surface area contributed by atoms with E-state index in [-0.39, 0.29) is 17.6 Å². The Morgan fingerprint density at radius 3 is 2.55 bits per heavy atom. The van der Waals surface area contributed by atoms with Crippen LogP contribution in [-0.4, -0.2) is 34.8 Å². The number of allylic oxidation sites excluding steroid dienone is 2. The van der Waals surface area contributed by atoms with Gasteiger partial charge in [0.05, 0.1) is 6.42 Å². The van der Waals surface area contributed by atoms with Crippen LogP contribution >= 0.6 is 11.6 Å². The molecule has 118 valence electrons. The van der Waals surface area contributed by atoms with Crippen LogP contribution in [-0.2, 0) is 4.79 Å². The molecule has 1 fully saturated rings. The molecular weight excluding hydrogens is 302 g/mol. The molecule has 1 aromatic rings. The molecule has 4 nitrogen and oxygen atoms in total. The Morgan fingerprint density at radius 1 is 1.32 bits per heavy atom.